The van der Waals surface area contributed by atoms with Gasteiger partial charge in [-0.1, -0.05) is 288 Å². The van der Waals surface area contributed by atoms with E-state index in [1.807, 2.05) is 12.2 Å². The summed E-state index contributed by atoms with van der Waals surface area (Å²) in [5.41, 5.74) is 0. The third-order valence-corrected chi connectivity index (χ3v) is 13.0. The van der Waals surface area contributed by atoms with Gasteiger partial charge in [-0.15, -0.1) is 0 Å². The molecule has 0 heterocycles. The molecular weight excluding hydrogens is 973 g/mol. The lowest BCUT2D eigenvalue weighted by Crippen LogP contribution is -2.30. The molecule has 0 fully saturated rings. The minimum atomic E-state index is -0.827. The number of unbranched alkanes of at least 4 members (excludes halogenated alkanes) is 19. The molecule has 0 saturated heterocycles. The van der Waals surface area contributed by atoms with Crippen LogP contribution >= 0.6 is 0 Å². The Balaban J connectivity index is 4.43. The molecule has 6 nitrogen and oxygen atoms in total. The van der Waals surface area contributed by atoms with Crippen molar-refractivity contribution in [2.24, 2.45) is 0 Å². The van der Waals surface area contributed by atoms with Crippen molar-refractivity contribution in [1.29, 1.82) is 0 Å². The van der Waals surface area contributed by atoms with Gasteiger partial charge >= 0.3 is 17.9 Å². The molecular formula is C73H116O6. The molecule has 0 radical (unpaired) electrons. The number of carbonyl (C=O) groups excluding carboxylic acids is 3. The van der Waals surface area contributed by atoms with Crippen LogP contribution in [0.2, 0.25) is 0 Å². The summed E-state index contributed by atoms with van der Waals surface area (Å²) in [6.45, 7) is 6.32. The highest BCUT2D eigenvalue weighted by molar-refractivity contribution is 5.71. The average molecular weight is 1090 g/mol. The van der Waals surface area contributed by atoms with Gasteiger partial charge in [0.2, 0.25) is 0 Å². The van der Waals surface area contributed by atoms with Gasteiger partial charge in [-0.2, -0.15) is 0 Å². The van der Waals surface area contributed by atoms with E-state index in [-0.39, 0.29) is 37.5 Å². The molecule has 0 aliphatic carbocycles. The zero-order chi connectivity index (χ0) is 57.1. The van der Waals surface area contributed by atoms with E-state index in [0.717, 1.165) is 128 Å². The van der Waals surface area contributed by atoms with Crippen LogP contribution < -0.4 is 0 Å². The van der Waals surface area contributed by atoms with E-state index in [0.29, 0.717) is 19.3 Å². The van der Waals surface area contributed by atoms with E-state index >= 15 is 0 Å². The molecule has 0 saturated carbocycles. The molecule has 444 valence electrons. The molecule has 0 bridgehead atoms. The van der Waals surface area contributed by atoms with Gasteiger partial charge in [-0.3, -0.25) is 14.4 Å². The second-order valence-electron chi connectivity index (χ2n) is 20.6. The molecule has 0 aromatic heterocycles. The number of ether oxygens (including phenoxy) is 3. The Bertz CT molecular complexity index is 1780. The van der Waals surface area contributed by atoms with Crippen molar-refractivity contribution >= 4 is 17.9 Å². The van der Waals surface area contributed by atoms with Crippen LogP contribution in [-0.4, -0.2) is 37.2 Å². The maximum Gasteiger partial charge on any atom is 0.306 e. The maximum atomic E-state index is 12.9. The predicted octanol–water partition coefficient (Wildman–Crippen LogP) is 22.1. The normalized spacial score (nSPS) is 13.2. The van der Waals surface area contributed by atoms with E-state index < -0.39 is 6.10 Å². The Kier molecular flexibility index (Phi) is 61.4. The lowest BCUT2D eigenvalue weighted by molar-refractivity contribution is -0.166. The Morgan fingerprint density at radius 1 is 0.266 bits per heavy atom. The van der Waals surface area contributed by atoms with Gasteiger partial charge in [0.1, 0.15) is 13.2 Å². The molecule has 6 heteroatoms. The summed E-state index contributed by atoms with van der Waals surface area (Å²) in [5.74, 6) is -1.04. The zero-order valence-corrected chi connectivity index (χ0v) is 50.8. The lowest BCUT2D eigenvalue weighted by atomic mass is 10.0. The fourth-order valence-corrected chi connectivity index (χ4v) is 8.33. The monoisotopic (exact) mass is 1090 g/mol. The Morgan fingerprint density at radius 2 is 0.519 bits per heavy atom. The molecule has 79 heavy (non-hydrogen) atoms. The van der Waals surface area contributed by atoms with Crippen LogP contribution in [0.15, 0.2) is 158 Å². The zero-order valence-electron chi connectivity index (χ0n) is 50.8. The Labute approximate surface area is 486 Å². The van der Waals surface area contributed by atoms with Gasteiger partial charge in [-0.05, 0) is 116 Å². The highest BCUT2D eigenvalue weighted by atomic mass is 16.6. The number of hydrogen-bond donors (Lipinski definition) is 0. The molecule has 1 atom stereocenters. The van der Waals surface area contributed by atoms with E-state index in [4.69, 9.17) is 14.2 Å². The third-order valence-electron chi connectivity index (χ3n) is 13.0. The fraction of sp³-hybridized carbons (Fsp3) is 0.603. The number of esters is 3. The van der Waals surface area contributed by atoms with Crippen molar-refractivity contribution in [2.75, 3.05) is 13.2 Å². The van der Waals surface area contributed by atoms with Crippen molar-refractivity contribution in [3.05, 3.63) is 158 Å². The lowest BCUT2D eigenvalue weighted by Gasteiger charge is -2.18. The first-order valence-electron chi connectivity index (χ1n) is 32.0. The van der Waals surface area contributed by atoms with Crippen LogP contribution in [0.3, 0.4) is 0 Å². The van der Waals surface area contributed by atoms with Crippen LogP contribution in [0.5, 0.6) is 0 Å². The molecule has 1 unspecified atom stereocenters. The first-order chi connectivity index (χ1) is 39.0. The molecule has 0 aliphatic heterocycles. The van der Waals surface area contributed by atoms with Crippen LogP contribution in [0, 0.1) is 0 Å². The smallest absolute Gasteiger partial charge is 0.306 e. The second-order valence-corrected chi connectivity index (χ2v) is 20.6. The highest BCUT2D eigenvalue weighted by Gasteiger charge is 2.19. The maximum absolute atomic E-state index is 12.9. The fourth-order valence-electron chi connectivity index (χ4n) is 8.33. The number of allylic oxidation sites excluding steroid dienone is 26. The van der Waals surface area contributed by atoms with Crippen LogP contribution in [0.25, 0.3) is 0 Å². The van der Waals surface area contributed by atoms with Gasteiger partial charge in [0.05, 0.1) is 0 Å². The van der Waals surface area contributed by atoms with E-state index in [1.54, 1.807) is 0 Å². The average Bonchev–Trinajstić information content (AvgIpc) is 3.45. The minimum absolute atomic E-state index is 0.122. The summed E-state index contributed by atoms with van der Waals surface area (Å²) >= 11 is 0. The molecule has 0 aromatic rings. The summed E-state index contributed by atoms with van der Waals surface area (Å²) in [4.78, 5) is 38.2. The third kappa shape index (κ3) is 63.7. The van der Waals surface area contributed by atoms with Gasteiger partial charge in [0, 0.05) is 19.3 Å². The van der Waals surface area contributed by atoms with Crippen LogP contribution in [0.1, 0.15) is 265 Å². The predicted molar refractivity (Wildman–Crippen MR) is 343 cm³/mol. The number of hydrogen-bond acceptors (Lipinski definition) is 6. The SMILES string of the molecule is CC/C=C\C/C=C\C/C=C\C/C=C\C/C=C\C/C=C\C/C=C\C/C=C\C/C=C\CCCCCC(=O)OCC(COC(=O)CC/C=C\C/C=C\C/C=C\C/C=C\CC)OC(=O)CCCCCCCCCCCCCCCCCCC. The number of rotatable bonds is 56. The van der Waals surface area contributed by atoms with E-state index in [9.17, 15) is 14.4 Å². The van der Waals surface area contributed by atoms with Crippen molar-refractivity contribution in [3.63, 3.8) is 0 Å². The molecule has 0 N–H and O–H groups in total. The van der Waals surface area contributed by atoms with E-state index in [1.165, 1.54) is 89.9 Å². The minimum Gasteiger partial charge on any atom is -0.462 e. The van der Waals surface area contributed by atoms with Crippen molar-refractivity contribution < 1.29 is 28.6 Å². The van der Waals surface area contributed by atoms with Crippen LogP contribution in [0.4, 0.5) is 0 Å². The Hall–Kier alpha value is -4.97. The summed E-state index contributed by atoms with van der Waals surface area (Å²) in [7, 11) is 0. The van der Waals surface area contributed by atoms with E-state index in [2.05, 4.69) is 167 Å². The van der Waals surface area contributed by atoms with Gasteiger partial charge in [0.15, 0.2) is 6.10 Å². The van der Waals surface area contributed by atoms with Crippen molar-refractivity contribution in [3.8, 4) is 0 Å². The van der Waals surface area contributed by atoms with Crippen molar-refractivity contribution in [2.45, 2.75) is 271 Å². The molecule has 0 amide bonds. The second kappa shape index (κ2) is 65.5. The summed E-state index contributed by atoms with van der Waals surface area (Å²) < 4.78 is 16.8. The summed E-state index contributed by atoms with van der Waals surface area (Å²) in [6.07, 6.45) is 95.5. The summed E-state index contributed by atoms with van der Waals surface area (Å²) in [6, 6.07) is 0. The number of carbonyl (C=O) groups is 3. The largest absolute Gasteiger partial charge is 0.462 e. The molecule has 0 rings (SSSR count). The Morgan fingerprint density at radius 3 is 0.848 bits per heavy atom. The highest BCUT2D eigenvalue weighted by Crippen LogP contribution is 2.15. The van der Waals surface area contributed by atoms with Gasteiger partial charge < -0.3 is 14.2 Å². The topological polar surface area (TPSA) is 78.9 Å². The van der Waals surface area contributed by atoms with Gasteiger partial charge in [-0.25, -0.2) is 0 Å². The molecule has 0 spiro atoms. The first-order valence-corrected chi connectivity index (χ1v) is 32.0. The van der Waals surface area contributed by atoms with Crippen molar-refractivity contribution in [1.82, 2.24) is 0 Å². The first kappa shape index (κ1) is 74.0. The standard InChI is InChI=1S/C73H116O6/c1-4-7-10-13-16-19-22-25-27-29-30-31-32-33-34-35-36-37-38-39-40-41-42-44-45-48-51-54-57-60-63-66-72(75)78-69-70(68-77-71(74)65-62-59-56-53-50-47-24-21-18-15-12-9-6-3)79-73(76)67-64-61-58-55-52-49-46-43-28-26-23-20-17-14-11-8-5-2/h7,9-10,12,16,18-19,21,25,27,30-31,33-34,36-37,39-40,42,44,47-48,50-51,56,59,70H,4-6,8,11,13-15,17,20,22-24,26,28-29,32,35,38,41,43,45-46,49,52-55,57-58,60-69H2,1-3H3/b10-7-,12-9-,19-16-,21-18-,27-25-,31-30-,34-33-,37-36-,40-39-,44-42-,50-47-,51-48-,59-56-. The van der Waals surface area contributed by atoms with Gasteiger partial charge in [0.25, 0.3) is 0 Å². The quantitative estimate of drug-likeness (QED) is 0.0261. The summed E-state index contributed by atoms with van der Waals surface area (Å²) in [5, 5.41) is 0. The molecule has 0 aliphatic rings. The molecule has 0 aromatic carbocycles. The van der Waals surface area contributed by atoms with Crippen LogP contribution in [-0.2, 0) is 28.6 Å².